The van der Waals surface area contributed by atoms with E-state index in [1.165, 1.54) is 0 Å². The molecule has 132 valence electrons. The van der Waals surface area contributed by atoms with E-state index in [2.05, 4.69) is 5.32 Å². The molecule has 1 N–H and O–H groups in total. The van der Waals surface area contributed by atoms with Crippen LogP contribution in [0.15, 0.2) is 42.5 Å². The molecule has 0 bridgehead atoms. The van der Waals surface area contributed by atoms with Gasteiger partial charge >= 0.3 is 0 Å². The predicted octanol–water partition coefficient (Wildman–Crippen LogP) is 2.89. The summed E-state index contributed by atoms with van der Waals surface area (Å²) in [5.74, 6) is 2.18. The average molecular weight is 341 g/mol. The van der Waals surface area contributed by atoms with Gasteiger partial charge in [0.15, 0.2) is 18.1 Å². The second-order valence-corrected chi connectivity index (χ2v) is 5.99. The normalized spacial score (nSPS) is 13.0. The first-order valence-electron chi connectivity index (χ1n) is 8.56. The average Bonchev–Trinajstić information content (AvgIpc) is 2.86. The van der Waals surface area contributed by atoms with E-state index in [1.54, 1.807) is 0 Å². The molecule has 5 nitrogen and oxygen atoms in total. The zero-order valence-electron chi connectivity index (χ0n) is 14.4. The molecule has 0 saturated carbocycles. The summed E-state index contributed by atoms with van der Waals surface area (Å²) in [6.07, 6.45) is 1.62. The summed E-state index contributed by atoms with van der Waals surface area (Å²) in [6.45, 7) is 3.88. The highest BCUT2D eigenvalue weighted by Crippen LogP contribution is 2.30. The SMILES string of the molecule is Cc1ccccc1OCC(=O)NCCc1ccc2c(c1)OCCCO2. The Hall–Kier alpha value is -2.69. The van der Waals surface area contributed by atoms with Crippen LogP contribution in [0.2, 0.25) is 0 Å². The minimum atomic E-state index is -0.127. The largest absolute Gasteiger partial charge is 0.490 e. The number of aryl methyl sites for hydroxylation is 1. The van der Waals surface area contributed by atoms with Crippen molar-refractivity contribution in [3.63, 3.8) is 0 Å². The number of carbonyl (C=O) groups excluding carboxylic acids is 1. The molecule has 25 heavy (non-hydrogen) atoms. The number of nitrogens with one attached hydrogen (secondary N) is 1. The van der Waals surface area contributed by atoms with E-state index in [0.717, 1.165) is 41.2 Å². The molecule has 0 unspecified atom stereocenters. The van der Waals surface area contributed by atoms with Crippen LogP contribution < -0.4 is 19.5 Å². The van der Waals surface area contributed by atoms with Crippen LogP contribution in [0.1, 0.15) is 17.5 Å². The summed E-state index contributed by atoms with van der Waals surface area (Å²) in [6, 6.07) is 13.6. The highest BCUT2D eigenvalue weighted by Gasteiger charge is 2.11. The van der Waals surface area contributed by atoms with Gasteiger partial charge in [-0.25, -0.2) is 0 Å². The molecule has 5 heteroatoms. The van der Waals surface area contributed by atoms with Crippen LogP contribution in [0.25, 0.3) is 0 Å². The van der Waals surface area contributed by atoms with Gasteiger partial charge in [-0.3, -0.25) is 4.79 Å². The van der Waals surface area contributed by atoms with Crippen LogP contribution in [0.5, 0.6) is 17.2 Å². The number of rotatable bonds is 6. The molecule has 1 heterocycles. The zero-order valence-corrected chi connectivity index (χ0v) is 14.4. The van der Waals surface area contributed by atoms with Gasteiger partial charge in [0.25, 0.3) is 5.91 Å². The van der Waals surface area contributed by atoms with Crippen LogP contribution in [0.4, 0.5) is 0 Å². The molecule has 0 fully saturated rings. The maximum atomic E-state index is 11.9. The quantitative estimate of drug-likeness (QED) is 0.878. The molecule has 0 atom stereocenters. The number of carbonyl (C=O) groups is 1. The first-order chi connectivity index (χ1) is 12.2. The van der Waals surface area contributed by atoms with Crippen molar-refractivity contribution in [1.82, 2.24) is 5.32 Å². The maximum absolute atomic E-state index is 11.9. The number of amides is 1. The van der Waals surface area contributed by atoms with E-state index in [0.29, 0.717) is 19.8 Å². The van der Waals surface area contributed by atoms with Crippen molar-refractivity contribution in [3.8, 4) is 17.2 Å². The van der Waals surface area contributed by atoms with Gasteiger partial charge in [0.05, 0.1) is 13.2 Å². The number of hydrogen-bond acceptors (Lipinski definition) is 4. The van der Waals surface area contributed by atoms with Crippen LogP contribution in [-0.2, 0) is 11.2 Å². The van der Waals surface area contributed by atoms with Crippen LogP contribution in [-0.4, -0.2) is 32.3 Å². The minimum absolute atomic E-state index is 0.0198. The Kier molecular flexibility index (Phi) is 5.77. The second kappa shape index (κ2) is 8.42. The van der Waals surface area contributed by atoms with Gasteiger partial charge in [-0.15, -0.1) is 0 Å². The Morgan fingerprint density at radius 3 is 2.76 bits per heavy atom. The summed E-state index contributed by atoms with van der Waals surface area (Å²) >= 11 is 0. The number of fused-ring (bicyclic) bond motifs is 1. The second-order valence-electron chi connectivity index (χ2n) is 5.99. The fourth-order valence-electron chi connectivity index (χ4n) is 2.62. The summed E-state index contributed by atoms with van der Waals surface area (Å²) in [5, 5.41) is 2.88. The van der Waals surface area contributed by atoms with Crippen LogP contribution in [0.3, 0.4) is 0 Å². The third-order valence-corrected chi connectivity index (χ3v) is 4.00. The maximum Gasteiger partial charge on any atom is 0.257 e. The van der Waals surface area contributed by atoms with E-state index in [4.69, 9.17) is 14.2 Å². The zero-order chi connectivity index (χ0) is 17.5. The molecule has 1 aliphatic heterocycles. The van der Waals surface area contributed by atoms with Crippen molar-refractivity contribution in [2.45, 2.75) is 19.8 Å². The Bertz CT molecular complexity index is 729. The molecule has 0 saturated heterocycles. The lowest BCUT2D eigenvalue weighted by atomic mass is 10.1. The van der Waals surface area contributed by atoms with Gasteiger partial charge in [0.2, 0.25) is 0 Å². The molecule has 1 amide bonds. The molecule has 0 aromatic heterocycles. The standard InChI is InChI=1S/C20H23NO4/c1-15-5-2-3-6-17(15)25-14-20(22)21-10-9-16-7-8-18-19(13-16)24-12-4-11-23-18/h2-3,5-8,13H,4,9-12,14H2,1H3,(H,21,22). The summed E-state index contributed by atoms with van der Waals surface area (Å²) in [7, 11) is 0. The van der Waals surface area contributed by atoms with E-state index < -0.39 is 0 Å². The van der Waals surface area contributed by atoms with Crippen molar-refractivity contribution < 1.29 is 19.0 Å². The molecule has 3 rings (SSSR count). The summed E-state index contributed by atoms with van der Waals surface area (Å²) in [5.41, 5.74) is 2.12. The molecule has 0 aliphatic carbocycles. The Morgan fingerprint density at radius 1 is 1.12 bits per heavy atom. The van der Waals surface area contributed by atoms with Gasteiger partial charge in [-0.2, -0.15) is 0 Å². The number of benzene rings is 2. The third-order valence-electron chi connectivity index (χ3n) is 4.00. The van der Waals surface area contributed by atoms with Crippen molar-refractivity contribution in [1.29, 1.82) is 0 Å². The van der Waals surface area contributed by atoms with E-state index in [1.807, 2.05) is 49.4 Å². The summed E-state index contributed by atoms with van der Waals surface area (Å²) < 4.78 is 16.8. The van der Waals surface area contributed by atoms with Crippen molar-refractivity contribution >= 4 is 5.91 Å². The number of hydrogen-bond donors (Lipinski definition) is 1. The lowest BCUT2D eigenvalue weighted by Gasteiger charge is -2.11. The molecule has 2 aromatic rings. The Labute approximate surface area is 147 Å². The van der Waals surface area contributed by atoms with Crippen molar-refractivity contribution in [2.24, 2.45) is 0 Å². The number of para-hydroxylation sites is 1. The van der Waals surface area contributed by atoms with Gasteiger partial charge < -0.3 is 19.5 Å². The van der Waals surface area contributed by atoms with Crippen LogP contribution in [0, 0.1) is 6.92 Å². The first kappa shape index (κ1) is 17.1. The Balaban J connectivity index is 1.44. The fraction of sp³-hybridized carbons (Fsp3) is 0.350. The van der Waals surface area contributed by atoms with Crippen molar-refractivity contribution in [3.05, 3.63) is 53.6 Å². The van der Waals surface area contributed by atoms with Crippen LogP contribution >= 0.6 is 0 Å². The van der Waals surface area contributed by atoms with E-state index in [9.17, 15) is 4.79 Å². The molecule has 0 radical (unpaired) electrons. The molecule has 0 spiro atoms. The molecule has 1 aliphatic rings. The van der Waals surface area contributed by atoms with E-state index >= 15 is 0 Å². The molecule has 2 aromatic carbocycles. The van der Waals surface area contributed by atoms with E-state index in [-0.39, 0.29) is 12.5 Å². The predicted molar refractivity (Wildman–Crippen MR) is 95.4 cm³/mol. The monoisotopic (exact) mass is 341 g/mol. The van der Waals surface area contributed by atoms with Gasteiger partial charge in [0.1, 0.15) is 5.75 Å². The number of ether oxygens (including phenoxy) is 3. The van der Waals surface area contributed by atoms with Gasteiger partial charge in [0, 0.05) is 13.0 Å². The molecular formula is C20H23NO4. The van der Waals surface area contributed by atoms with Crippen molar-refractivity contribution in [2.75, 3.05) is 26.4 Å². The molecular weight excluding hydrogens is 318 g/mol. The first-order valence-corrected chi connectivity index (χ1v) is 8.56. The lowest BCUT2D eigenvalue weighted by molar-refractivity contribution is -0.123. The summed E-state index contributed by atoms with van der Waals surface area (Å²) in [4.78, 5) is 11.9. The smallest absolute Gasteiger partial charge is 0.257 e. The highest BCUT2D eigenvalue weighted by atomic mass is 16.5. The van der Waals surface area contributed by atoms with Gasteiger partial charge in [-0.1, -0.05) is 24.3 Å². The topological polar surface area (TPSA) is 56.8 Å². The lowest BCUT2D eigenvalue weighted by Crippen LogP contribution is -2.30. The fourth-order valence-corrected chi connectivity index (χ4v) is 2.62. The third kappa shape index (κ3) is 4.89. The van der Waals surface area contributed by atoms with Gasteiger partial charge in [-0.05, 0) is 42.7 Å². The minimum Gasteiger partial charge on any atom is -0.490 e. The Morgan fingerprint density at radius 2 is 1.92 bits per heavy atom. The highest BCUT2D eigenvalue weighted by molar-refractivity contribution is 5.77.